The normalized spacial score (nSPS) is 31.3. The summed E-state index contributed by atoms with van der Waals surface area (Å²) in [6.45, 7) is 0. The zero-order valence-corrected chi connectivity index (χ0v) is 6.38. The van der Waals surface area contributed by atoms with E-state index in [-0.39, 0.29) is 0 Å². The molecular weight excluding hydrogens is 132 g/mol. The average Bonchev–Trinajstić information content (AvgIpc) is 2.49. The van der Waals surface area contributed by atoms with Gasteiger partial charge >= 0.3 is 0 Å². The minimum atomic E-state index is 0.787. The lowest BCUT2D eigenvalue weighted by molar-refractivity contribution is 0.674. The zero-order chi connectivity index (χ0) is 7.26. The first-order valence-corrected chi connectivity index (χ1v) is 4.23. The van der Waals surface area contributed by atoms with Crippen molar-refractivity contribution in [1.29, 1.82) is 0 Å². The molecule has 0 N–H and O–H groups in total. The van der Waals surface area contributed by atoms with Gasteiger partial charge in [0.1, 0.15) is 0 Å². The van der Waals surface area contributed by atoms with Gasteiger partial charge in [-0.2, -0.15) is 0 Å². The SMILES string of the molecule is C1=CCC=C2C=C3CC2C3=C1. The zero-order valence-electron chi connectivity index (χ0n) is 6.38. The van der Waals surface area contributed by atoms with Crippen molar-refractivity contribution in [3.63, 3.8) is 0 Å². The molecule has 0 aromatic heterocycles. The van der Waals surface area contributed by atoms with Crippen LogP contribution in [-0.4, -0.2) is 0 Å². The Kier molecular flexibility index (Phi) is 0.894. The molecule has 0 aliphatic heterocycles. The second-order valence-corrected chi connectivity index (χ2v) is 3.42. The molecule has 1 saturated carbocycles. The predicted octanol–water partition coefficient (Wildman–Crippen LogP) is 2.76. The fourth-order valence-corrected chi connectivity index (χ4v) is 2.16. The average molecular weight is 142 g/mol. The molecule has 4 bridgehead atoms. The van der Waals surface area contributed by atoms with Gasteiger partial charge < -0.3 is 0 Å². The standard InChI is InChI=1S/C11H10/c1-2-4-8-6-9-7-11(8)10(9)5-3-1/h1,3-6,11H,2,7H2. The van der Waals surface area contributed by atoms with Crippen LogP contribution in [0.15, 0.2) is 47.1 Å². The van der Waals surface area contributed by atoms with Crippen molar-refractivity contribution in [1.82, 2.24) is 0 Å². The van der Waals surface area contributed by atoms with Crippen LogP contribution in [0.4, 0.5) is 0 Å². The molecule has 0 aromatic carbocycles. The highest BCUT2D eigenvalue weighted by Gasteiger charge is 2.37. The van der Waals surface area contributed by atoms with Crippen LogP contribution in [-0.2, 0) is 0 Å². The summed E-state index contributed by atoms with van der Waals surface area (Å²) in [6, 6.07) is 0. The quantitative estimate of drug-likeness (QED) is 0.488. The van der Waals surface area contributed by atoms with E-state index >= 15 is 0 Å². The van der Waals surface area contributed by atoms with E-state index in [2.05, 4.69) is 30.4 Å². The van der Waals surface area contributed by atoms with Crippen LogP contribution in [0.3, 0.4) is 0 Å². The van der Waals surface area contributed by atoms with Gasteiger partial charge in [-0.05, 0) is 29.6 Å². The van der Waals surface area contributed by atoms with Crippen LogP contribution in [0.1, 0.15) is 12.8 Å². The molecule has 0 aromatic rings. The largest absolute Gasteiger partial charge is 0.0807 e. The predicted molar refractivity (Wildman–Crippen MR) is 46.1 cm³/mol. The molecule has 0 heterocycles. The van der Waals surface area contributed by atoms with E-state index in [9.17, 15) is 0 Å². The molecule has 1 fully saturated rings. The van der Waals surface area contributed by atoms with Gasteiger partial charge in [-0.1, -0.05) is 30.4 Å². The van der Waals surface area contributed by atoms with Gasteiger partial charge in [0, 0.05) is 5.92 Å². The van der Waals surface area contributed by atoms with Crippen molar-refractivity contribution in [2.45, 2.75) is 12.8 Å². The van der Waals surface area contributed by atoms with E-state index in [1.807, 2.05) is 0 Å². The topological polar surface area (TPSA) is 0 Å². The van der Waals surface area contributed by atoms with E-state index in [0.717, 1.165) is 12.3 Å². The molecule has 0 amide bonds. The molecule has 1 atom stereocenters. The van der Waals surface area contributed by atoms with Gasteiger partial charge in [0.15, 0.2) is 0 Å². The van der Waals surface area contributed by atoms with Crippen LogP contribution in [0.2, 0.25) is 0 Å². The molecule has 4 aliphatic rings. The molecule has 0 spiro atoms. The first-order chi connectivity index (χ1) is 5.45. The first kappa shape index (κ1) is 5.59. The van der Waals surface area contributed by atoms with Gasteiger partial charge in [0.2, 0.25) is 0 Å². The Morgan fingerprint density at radius 3 is 3.36 bits per heavy atom. The Bertz CT molecular complexity index is 324. The Morgan fingerprint density at radius 2 is 2.36 bits per heavy atom. The minimum absolute atomic E-state index is 0.787. The van der Waals surface area contributed by atoms with Crippen LogP contribution in [0.25, 0.3) is 0 Å². The van der Waals surface area contributed by atoms with Crippen molar-refractivity contribution in [2.75, 3.05) is 0 Å². The van der Waals surface area contributed by atoms with Crippen LogP contribution >= 0.6 is 0 Å². The molecule has 0 nitrogen and oxygen atoms in total. The number of rotatable bonds is 0. The summed E-state index contributed by atoms with van der Waals surface area (Å²) in [5.41, 5.74) is 4.72. The first-order valence-electron chi connectivity index (χ1n) is 4.23. The third-order valence-corrected chi connectivity index (χ3v) is 2.82. The molecule has 11 heavy (non-hydrogen) atoms. The number of hydrogen-bond donors (Lipinski definition) is 0. The molecule has 4 aliphatic carbocycles. The highest BCUT2D eigenvalue weighted by Crippen LogP contribution is 2.51. The molecular formula is C11H10. The summed E-state index contributed by atoms with van der Waals surface area (Å²) in [6.07, 6.45) is 13.8. The third-order valence-electron chi connectivity index (χ3n) is 2.82. The Hall–Kier alpha value is -1.04. The van der Waals surface area contributed by atoms with Crippen LogP contribution < -0.4 is 0 Å². The minimum Gasteiger partial charge on any atom is -0.0807 e. The fourth-order valence-electron chi connectivity index (χ4n) is 2.16. The van der Waals surface area contributed by atoms with E-state index < -0.39 is 0 Å². The molecule has 0 radical (unpaired) electrons. The Balaban J connectivity index is 2.20. The second-order valence-electron chi connectivity index (χ2n) is 3.42. The summed E-state index contributed by atoms with van der Waals surface area (Å²) in [5.74, 6) is 0.787. The lowest BCUT2D eigenvalue weighted by Gasteiger charge is -2.25. The van der Waals surface area contributed by atoms with Gasteiger partial charge in [-0.25, -0.2) is 0 Å². The maximum absolute atomic E-state index is 2.36. The number of hydrogen-bond acceptors (Lipinski definition) is 0. The summed E-state index contributed by atoms with van der Waals surface area (Å²) < 4.78 is 0. The summed E-state index contributed by atoms with van der Waals surface area (Å²) in [7, 11) is 0. The summed E-state index contributed by atoms with van der Waals surface area (Å²) in [4.78, 5) is 0. The maximum atomic E-state index is 2.36. The van der Waals surface area contributed by atoms with Crippen molar-refractivity contribution in [2.24, 2.45) is 5.92 Å². The second kappa shape index (κ2) is 1.76. The van der Waals surface area contributed by atoms with E-state index in [0.29, 0.717) is 0 Å². The molecule has 54 valence electrons. The van der Waals surface area contributed by atoms with Crippen molar-refractivity contribution in [3.8, 4) is 0 Å². The summed E-state index contributed by atoms with van der Waals surface area (Å²) >= 11 is 0. The van der Waals surface area contributed by atoms with Gasteiger partial charge in [-0.3, -0.25) is 0 Å². The third kappa shape index (κ3) is 0.597. The van der Waals surface area contributed by atoms with Gasteiger partial charge in [-0.15, -0.1) is 0 Å². The highest BCUT2D eigenvalue weighted by atomic mass is 14.4. The van der Waals surface area contributed by atoms with Gasteiger partial charge in [0.05, 0.1) is 0 Å². The Labute approximate surface area is 66.6 Å². The van der Waals surface area contributed by atoms with Gasteiger partial charge in [0.25, 0.3) is 0 Å². The molecule has 1 unspecified atom stereocenters. The molecule has 0 saturated heterocycles. The fraction of sp³-hybridized carbons (Fsp3) is 0.273. The van der Waals surface area contributed by atoms with E-state index in [1.165, 1.54) is 6.42 Å². The van der Waals surface area contributed by atoms with Crippen molar-refractivity contribution < 1.29 is 0 Å². The monoisotopic (exact) mass is 142 g/mol. The molecule has 0 heteroatoms. The summed E-state index contributed by atoms with van der Waals surface area (Å²) in [5, 5.41) is 0. The van der Waals surface area contributed by atoms with Crippen molar-refractivity contribution >= 4 is 0 Å². The van der Waals surface area contributed by atoms with Crippen LogP contribution in [0, 0.1) is 5.92 Å². The smallest absolute Gasteiger partial charge is 0.0130 e. The molecule has 4 rings (SSSR count). The maximum Gasteiger partial charge on any atom is 0.0130 e. The van der Waals surface area contributed by atoms with E-state index in [4.69, 9.17) is 0 Å². The number of allylic oxidation sites excluding steroid dienone is 8. The van der Waals surface area contributed by atoms with Crippen molar-refractivity contribution in [3.05, 3.63) is 47.1 Å². The highest BCUT2D eigenvalue weighted by molar-refractivity contribution is 5.61. The Morgan fingerprint density at radius 1 is 1.36 bits per heavy atom. The lowest BCUT2D eigenvalue weighted by Crippen LogP contribution is -2.12. The van der Waals surface area contributed by atoms with Crippen LogP contribution in [0.5, 0.6) is 0 Å². The lowest BCUT2D eigenvalue weighted by atomic mass is 9.78. The van der Waals surface area contributed by atoms with E-state index in [1.54, 1.807) is 16.7 Å².